The van der Waals surface area contributed by atoms with Crippen molar-refractivity contribution in [2.45, 2.75) is 0 Å². The Morgan fingerprint density at radius 1 is 1.04 bits per heavy atom. The van der Waals surface area contributed by atoms with Gasteiger partial charge in [0.1, 0.15) is 0 Å². The molecule has 130 valence electrons. The van der Waals surface area contributed by atoms with Crippen LogP contribution in [0.4, 0.5) is 5.69 Å². The summed E-state index contributed by atoms with van der Waals surface area (Å²) >= 11 is 0. The van der Waals surface area contributed by atoms with Crippen molar-refractivity contribution < 1.29 is 19.0 Å². The maximum Gasteiger partial charge on any atom is 0.255 e. The van der Waals surface area contributed by atoms with Gasteiger partial charge in [0.25, 0.3) is 5.91 Å². The molecule has 3 aromatic rings. The van der Waals surface area contributed by atoms with Crippen LogP contribution in [0.25, 0.3) is 11.0 Å². The minimum Gasteiger partial charge on any atom is -0.493 e. The lowest BCUT2D eigenvalue weighted by Crippen LogP contribution is -2.12. The molecule has 1 amide bonds. The van der Waals surface area contributed by atoms with E-state index in [9.17, 15) is 4.79 Å². The number of imidazole rings is 1. The molecule has 25 heavy (non-hydrogen) atoms. The van der Waals surface area contributed by atoms with Crippen LogP contribution in [0.15, 0.2) is 36.7 Å². The van der Waals surface area contributed by atoms with Gasteiger partial charge >= 0.3 is 0 Å². The molecule has 1 heterocycles. The van der Waals surface area contributed by atoms with Gasteiger partial charge in [-0.2, -0.15) is 0 Å². The van der Waals surface area contributed by atoms with Crippen molar-refractivity contribution in [3.8, 4) is 17.2 Å². The first-order chi connectivity index (χ1) is 12.1. The molecule has 0 saturated carbocycles. The lowest BCUT2D eigenvalue weighted by Gasteiger charge is -2.14. The number of nitrogens with zero attached hydrogens (tertiary/aromatic N) is 2. The van der Waals surface area contributed by atoms with Gasteiger partial charge in [0.2, 0.25) is 5.75 Å². The molecule has 0 bridgehead atoms. The Morgan fingerprint density at radius 3 is 2.32 bits per heavy atom. The quantitative estimate of drug-likeness (QED) is 0.772. The minimum absolute atomic E-state index is 0.283. The zero-order chi connectivity index (χ0) is 18.0. The summed E-state index contributed by atoms with van der Waals surface area (Å²) in [7, 11) is 6.45. The number of rotatable bonds is 5. The van der Waals surface area contributed by atoms with E-state index in [4.69, 9.17) is 14.2 Å². The molecule has 1 N–H and O–H groups in total. The normalized spacial score (nSPS) is 10.6. The Morgan fingerprint density at radius 2 is 1.72 bits per heavy atom. The second kappa shape index (κ2) is 6.72. The van der Waals surface area contributed by atoms with Gasteiger partial charge in [0.15, 0.2) is 11.5 Å². The molecule has 0 saturated heterocycles. The highest BCUT2D eigenvalue weighted by atomic mass is 16.5. The van der Waals surface area contributed by atoms with E-state index in [0.717, 1.165) is 11.0 Å². The lowest BCUT2D eigenvalue weighted by atomic mass is 10.1. The minimum atomic E-state index is -0.283. The second-order valence-electron chi connectivity index (χ2n) is 5.43. The van der Waals surface area contributed by atoms with Crippen molar-refractivity contribution in [2.24, 2.45) is 7.05 Å². The van der Waals surface area contributed by atoms with Crippen LogP contribution in [0.1, 0.15) is 10.4 Å². The number of aryl methyl sites for hydroxylation is 1. The van der Waals surface area contributed by atoms with Gasteiger partial charge < -0.3 is 24.1 Å². The largest absolute Gasteiger partial charge is 0.493 e. The Balaban J connectivity index is 1.91. The standard InChI is InChI=1S/C18H19N3O4/c1-21-10-19-13-9-12(5-6-14(13)21)20-18(22)11-7-15(23-2)17(25-4)16(8-11)24-3/h5-10H,1-4H3,(H,20,22). The monoisotopic (exact) mass is 341 g/mol. The van der Waals surface area contributed by atoms with Crippen LogP contribution in [0, 0.1) is 0 Å². The van der Waals surface area contributed by atoms with Gasteiger partial charge in [-0.25, -0.2) is 4.98 Å². The summed E-state index contributed by atoms with van der Waals surface area (Å²) in [5.74, 6) is 1.00. The van der Waals surface area contributed by atoms with Crippen LogP contribution in [0.2, 0.25) is 0 Å². The number of benzene rings is 2. The molecule has 1 aromatic heterocycles. The third-order valence-corrected chi connectivity index (χ3v) is 3.91. The number of fused-ring (bicyclic) bond motifs is 1. The van der Waals surface area contributed by atoms with Crippen LogP contribution in [0.5, 0.6) is 17.2 Å². The van der Waals surface area contributed by atoms with E-state index in [1.54, 1.807) is 18.5 Å². The molecule has 0 aliphatic rings. The summed E-state index contributed by atoms with van der Waals surface area (Å²) in [6.45, 7) is 0. The summed E-state index contributed by atoms with van der Waals surface area (Å²) in [5.41, 5.74) is 2.86. The zero-order valence-electron chi connectivity index (χ0n) is 14.5. The number of aromatic nitrogens is 2. The van der Waals surface area contributed by atoms with Crippen LogP contribution in [-0.2, 0) is 7.05 Å². The summed E-state index contributed by atoms with van der Waals surface area (Å²) in [6, 6.07) is 8.78. The van der Waals surface area contributed by atoms with Crippen LogP contribution in [-0.4, -0.2) is 36.8 Å². The van der Waals surface area contributed by atoms with Crippen molar-refractivity contribution in [3.05, 3.63) is 42.2 Å². The first kappa shape index (κ1) is 16.6. The maximum absolute atomic E-state index is 12.6. The van der Waals surface area contributed by atoms with Gasteiger partial charge in [-0.3, -0.25) is 4.79 Å². The van der Waals surface area contributed by atoms with Crippen molar-refractivity contribution in [1.29, 1.82) is 0 Å². The van der Waals surface area contributed by atoms with Crippen LogP contribution >= 0.6 is 0 Å². The molecule has 0 spiro atoms. The number of carbonyl (C=O) groups is 1. The first-order valence-electron chi connectivity index (χ1n) is 7.59. The van der Waals surface area contributed by atoms with E-state index in [1.807, 2.05) is 29.8 Å². The predicted molar refractivity (Wildman–Crippen MR) is 94.8 cm³/mol. The van der Waals surface area contributed by atoms with E-state index in [2.05, 4.69) is 10.3 Å². The van der Waals surface area contributed by atoms with E-state index in [0.29, 0.717) is 28.5 Å². The summed E-state index contributed by atoms with van der Waals surface area (Å²) in [4.78, 5) is 16.9. The topological polar surface area (TPSA) is 74.6 Å². The van der Waals surface area contributed by atoms with Crippen molar-refractivity contribution in [2.75, 3.05) is 26.6 Å². The average Bonchev–Trinajstić information content (AvgIpc) is 3.00. The molecule has 0 fully saturated rings. The van der Waals surface area contributed by atoms with E-state index in [-0.39, 0.29) is 5.91 Å². The molecular formula is C18H19N3O4. The number of nitrogens with one attached hydrogen (secondary N) is 1. The number of hydrogen-bond donors (Lipinski definition) is 1. The highest BCUT2D eigenvalue weighted by Crippen LogP contribution is 2.38. The molecule has 0 aliphatic heterocycles. The number of ether oxygens (including phenoxy) is 3. The Labute approximate surface area is 145 Å². The molecule has 7 nitrogen and oxygen atoms in total. The molecule has 7 heteroatoms. The molecule has 0 radical (unpaired) electrons. The average molecular weight is 341 g/mol. The predicted octanol–water partition coefficient (Wildman–Crippen LogP) is 2.85. The molecule has 2 aromatic carbocycles. The van der Waals surface area contributed by atoms with Gasteiger partial charge in [-0.1, -0.05) is 0 Å². The SMILES string of the molecule is COc1cc(C(=O)Nc2ccc3c(c2)ncn3C)cc(OC)c1OC. The smallest absolute Gasteiger partial charge is 0.255 e. The van der Waals surface area contributed by atoms with Crippen molar-refractivity contribution in [3.63, 3.8) is 0 Å². The van der Waals surface area contributed by atoms with Gasteiger partial charge in [-0.05, 0) is 30.3 Å². The van der Waals surface area contributed by atoms with E-state index < -0.39 is 0 Å². The van der Waals surface area contributed by atoms with Gasteiger partial charge in [-0.15, -0.1) is 0 Å². The van der Waals surface area contributed by atoms with Gasteiger partial charge in [0, 0.05) is 18.3 Å². The lowest BCUT2D eigenvalue weighted by molar-refractivity contribution is 0.102. The fourth-order valence-electron chi connectivity index (χ4n) is 2.63. The summed E-state index contributed by atoms with van der Waals surface area (Å²) < 4.78 is 17.8. The molecule has 0 unspecified atom stereocenters. The molecule has 3 rings (SSSR count). The third kappa shape index (κ3) is 3.08. The van der Waals surface area contributed by atoms with Gasteiger partial charge in [0.05, 0.1) is 38.7 Å². The fourth-order valence-corrected chi connectivity index (χ4v) is 2.63. The van der Waals surface area contributed by atoms with Crippen LogP contribution < -0.4 is 19.5 Å². The number of anilines is 1. The number of hydrogen-bond acceptors (Lipinski definition) is 5. The number of amides is 1. The highest BCUT2D eigenvalue weighted by Gasteiger charge is 2.17. The number of carbonyl (C=O) groups excluding carboxylic acids is 1. The van der Waals surface area contributed by atoms with Crippen LogP contribution in [0.3, 0.4) is 0 Å². The zero-order valence-corrected chi connectivity index (χ0v) is 14.5. The highest BCUT2D eigenvalue weighted by molar-refractivity contribution is 6.05. The van der Waals surface area contributed by atoms with Crippen molar-refractivity contribution >= 4 is 22.6 Å². The Bertz CT molecular complexity index is 908. The number of methoxy groups -OCH3 is 3. The Hall–Kier alpha value is -3.22. The molecular weight excluding hydrogens is 322 g/mol. The molecule has 0 atom stereocenters. The van der Waals surface area contributed by atoms with Crippen molar-refractivity contribution in [1.82, 2.24) is 9.55 Å². The Kier molecular flexibility index (Phi) is 4.47. The molecule has 0 aliphatic carbocycles. The fraction of sp³-hybridized carbons (Fsp3) is 0.222. The summed E-state index contributed by atoms with van der Waals surface area (Å²) in [6.07, 6.45) is 1.73. The second-order valence-corrected chi connectivity index (χ2v) is 5.43. The summed E-state index contributed by atoms with van der Waals surface area (Å²) in [5, 5.41) is 2.86. The first-order valence-corrected chi connectivity index (χ1v) is 7.59. The maximum atomic E-state index is 12.6. The van der Waals surface area contributed by atoms with E-state index in [1.165, 1.54) is 21.3 Å². The third-order valence-electron chi connectivity index (χ3n) is 3.91. The van der Waals surface area contributed by atoms with E-state index >= 15 is 0 Å².